The fraction of sp³-hybridized carbons (Fsp3) is 0.667. The highest BCUT2D eigenvalue weighted by molar-refractivity contribution is 7.46. The van der Waals surface area contributed by atoms with Crippen molar-refractivity contribution in [2.45, 2.75) is 167 Å². The lowest BCUT2D eigenvalue weighted by atomic mass is 10.0. The van der Waals surface area contributed by atoms with Gasteiger partial charge in [0.2, 0.25) is 0 Å². The summed E-state index contributed by atoms with van der Waals surface area (Å²) in [6, 6.07) is 0. The molecule has 2 atom stereocenters. The van der Waals surface area contributed by atoms with Gasteiger partial charge in [-0.05, 0) is 44.9 Å². The monoisotopic (exact) mass is 750 g/mol. The fourth-order valence-electron chi connectivity index (χ4n) is 5.13. The highest BCUT2D eigenvalue weighted by Gasteiger charge is 2.23. The Balaban J connectivity index is 4.21. The van der Waals surface area contributed by atoms with E-state index in [1.165, 1.54) is 64.2 Å². The Bertz CT molecular complexity index is 1090. The highest BCUT2D eigenvalue weighted by atomic mass is 31.2. The summed E-state index contributed by atoms with van der Waals surface area (Å²) in [5, 5.41) is 10.2. The number of unbranched alkanes of at least 4 members (excludes halogenated alkanes) is 13. The Labute approximate surface area is 315 Å². The predicted molar refractivity (Wildman–Crippen MR) is 213 cm³/mol. The number of carbonyl (C=O) groups excluding carboxylic acids is 2. The number of carbonyl (C=O) groups is 2. The summed E-state index contributed by atoms with van der Waals surface area (Å²) in [6.45, 7) is 3.36. The third kappa shape index (κ3) is 38.7. The number of esters is 2. The van der Waals surface area contributed by atoms with Gasteiger partial charge in [0.15, 0.2) is 6.10 Å². The van der Waals surface area contributed by atoms with Crippen LogP contribution in [-0.4, -0.2) is 52.3 Å². The molecule has 10 heteroatoms. The molecule has 3 N–H and O–H groups in total. The predicted octanol–water partition coefficient (Wildman–Crippen LogP) is 10.9. The standard InChI is InChI=1S/C42H71O9P/c1-3-5-7-9-11-13-15-17-19-20-21-23-25-27-29-31-33-39(43)35-36-42(45)51-40(38-50-52(46,47)48)37-49-41(44)34-32-30-28-26-24-22-18-16-14-12-10-8-6-4-2/h5,7,11,13,17,19,21,23,27,29,31,33,39-40,43H,3-4,6,8-10,12,14-16,18,20,22,24-26,28,30,32,34-38H2,1-2H3,(H2,46,47,48)/b7-5-,13-11-,19-17-,23-21-,29-27-,33-31-/t39?,40-/m1/s1. The third-order valence-corrected chi connectivity index (χ3v) is 8.59. The number of phosphoric ester groups is 1. The van der Waals surface area contributed by atoms with Gasteiger partial charge in [0, 0.05) is 12.8 Å². The van der Waals surface area contributed by atoms with E-state index in [-0.39, 0.29) is 25.9 Å². The topological polar surface area (TPSA) is 140 Å². The Kier molecular flexibility index (Phi) is 35.0. The molecule has 0 aromatic rings. The van der Waals surface area contributed by atoms with Crippen molar-refractivity contribution >= 4 is 19.8 Å². The Hall–Kier alpha value is -2.55. The van der Waals surface area contributed by atoms with Crippen molar-refractivity contribution in [2.24, 2.45) is 0 Å². The number of aliphatic hydroxyl groups excluding tert-OH is 1. The first-order valence-corrected chi connectivity index (χ1v) is 21.4. The van der Waals surface area contributed by atoms with Crippen molar-refractivity contribution in [1.82, 2.24) is 0 Å². The molecule has 0 radical (unpaired) electrons. The zero-order valence-electron chi connectivity index (χ0n) is 32.3. The maximum Gasteiger partial charge on any atom is 0.469 e. The smallest absolute Gasteiger partial charge is 0.462 e. The van der Waals surface area contributed by atoms with Crippen LogP contribution in [0.4, 0.5) is 0 Å². The second-order valence-electron chi connectivity index (χ2n) is 13.1. The lowest BCUT2D eigenvalue weighted by Gasteiger charge is -2.18. The van der Waals surface area contributed by atoms with Crippen LogP contribution in [0.1, 0.15) is 155 Å². The molecule has 0 aliphatic heterocycles. The molecule has 52 heavy (non-hydrogen) atoms. The van der Waals surface area contributed by atoms with Gasteiger partial charge in [-0.25, -0.2) is 4.57 Å². The zero-order valence-corrected chi connectivity index (χ0v) is 33.2. The third-order valence-electron chi connectivity index (χ3n) is 8.11. The van der Waals surface area contributed by atoms with Gasteiger partial charge >= 0.3 is 19.8 Å². The molecule has 0 rings (SSSR count). The van der Waals surface area contributed by atoms with Crippen LogP contribution < -0.4 is 0 Å². The lowest BCUT2D eigenvalue weighted by Crippen LogP contribution is -2.29. The van der Waals surface area contributed by atoms with Crippen LogP contribution in [0, 0.1) is 0 Å². The van der Waals surface area contributed by atoms with Crippen LogP contribution in [0.5, 0.6) is 0 Å². The van der Waals surface area contributed by atoms with Crippen molar-refractivity contribution in [3.8, 4) is 0 Å². The van der Waals surface area contributed by atoms with E-state index in [9.17, 15) is 19.3 Å². The van der Waals surface area contributed by atoms with Crippen LogP contribution in [-0.2, 0) is 28.2 Å². The van der Waals surface area contributed by atoms with Gasteiger partial charge in [0.25, 0.3) is 0 Å². The van der Waals surface area contributed by atoms with Gasteiger partial charge in [-0.2, -0.15) is 0 Å². The summed E-state index contributed by atoms with van der Waals surface area (Å²) in [7, 11) is -4.82. The highest BCUT2D eigenvalue weighted by Crippen LogP contribution is 2.36. The van der Waals surface area contributed by atoms with E-state index in [0.717, 1.165) is 51.4 Å². The second kappa shape index (κ2) is 36.8. The van der Waals surface area contributed by atoms with Crippen molar-refractivity contribution in [3.05, 3.63) is 72.9 Å². The van der Waals surface area contributed by atoms with E-state index in [1.54, 1.807) is 12.2 Å². The molecule has 298 valence electrons. The molecular weight excluding hydrogens is 679 g/mol. The summed E-state index contributed by atoms with van der Waals surface area (Å²) >= 11 is 0. The summed E-state index contributed by atoms with van der Waals surface area (Å²) in [5.41, 5.74) is 0. The molecule has 0 heterocycles. The van der Waals surface area contributed by atoms with E-state index in [2.05, 4.69) is 67.0 Å². The van der Waals surface area contributed by atoms with Crippen LogP contribution in [0.25, 0.3) is 0 Å². The first kappa shape index (κ1) is 49.5. The number of rotatable bonds is 35. The molecule has 0 saturated heterocycles. The molecule has 1 unspecified atom stereocenters. The second-order valence-corrected chi connectivity index (χ2v) is 14.3. The number of ether oxygens (including phenoxy) is 2. The maximum absolute atomic E-state index is 12.4. The number of aliphatic hydroxyl groups is 1. The SMILES string of the molecule is CC/C=C\C/C=C\C/C=C\C/C=C\C/C=C\C=C/C(O)CCC(=O)O[C@H](COC(=O)CCCCCCCCCCCCCCCC)COP(=O)(O)O. The number of phosphoric acid groups is 1. The van der Waals surface area contributed by atoms with Crippen molar-refractivity contribution in [1.29, 1.82) is 0 Å². The number of hydrogen-bond acceptors (Lipinski definition) is 7. The number of hydrogen-bond donors (Lipinski definition) is 3. The Morgan fingerprint density at radius 2 is 1.08 bits per heavy atom. The molecule has 0 bridgehead atoms. The summed E-state index contributed by atoms with van der Waals surface area (Å²) < 4.78 is 26.2. The minimum Gasteiger partial charge on any atom is -0.462 e. The number of allylic oxidation sites excluding steroid dienone is 11. The van der Waals surface area contributed by atoms with Gasteiger partial charge in [-0.15, -0.1) is 0 Å². The summed E-state index contributed by atoms with van der Waals surface area (Å²) in [5.74, 6) is -1.17. The van der Waals surface area contributed by atoms with Crippen LogP contribution in [0.2, 0.25) is 0 Å². The molecule has 0 aliphatic carbocycles. The first-order chi connectivity index (χ1) is 25.2. The Morgan fingerprint density at radius 1 is 0.596 bits per heavy atom. The van der Waals surface area contributed by atoms with Gasteiger partial charge in [-0.1, -0.05) is 170 Å². The molecule has 0 aromatic heterocycles. The van der Waals surface area contributed by atoms with Gasteiger partial charge < -0.3 is 24.4 Å². The summed E-state index contributed by atoms with van der Waals surface area (Å²) in [4.78, 5) is 42.8. The van der Waals surface area contributed by atoms with Gasteiger partial charge in [0.05, 0.1) is 12.7 Å². The van der Waals surface area contributed by atoms with Crippen molar-refractivity contribution in [3.63, 3.8) is 0 Å². The van der Waals surface area contributed by atoms with Crippen LogP contribution >= 0.6 is 7.82 Å². The van der Waals surface area contributed by atoms with E-state index in [1.807, 2.05) is 12.2 Å². The van der Waals surface area contributed by atoms with E-state index < -0.39 is 38.6 Å². The van der Waals surface area contributed by atoms with E-state index in [4.69, 9.17) is 19.3 Å². The molecule has 0 aromatic carbocycles. The summed E-state index contributed by atoms with van der Waals surface area (Å²) in [6.07, 6.45) is 43.8. The average molecular weight is 751 g/mol. The van der Waals surface area contributed by atoms with Crippen LogP contribution in [0.15, 0.2) is 72.9 Å². The van der Waals surface area contributed by atoms with Gasteiger partial charge in [-0.3, -0.25) is 14.1 Å². The average Bonchev–Trinajstić information content (AvgIpc) is 3.11. The molecule has 0 amide bonds. The van der Waals surface area contributed by atoms with Gasteiger partial charge in [0.1, 0.15) is 6.61 Å². The van der Waals surface area contributed by atoms with E-state index in [0.29, 0.717) is 6.42 Å². The minimum atomic E-state index is -4.82. The minimum absolute atomic E-state index is 0.0883. The Morgan fingerprint density at radius 3 is 1.58 bits per heavy atom. The first-order valence-electron chi connectivity index (χ1n) is 19.8. The molecule has 0 spiro atoms. The molecule has 9 nitrogen and oxygen atoms in total. The maximum atomic E-state index is 12.4. The normalized spacial score (nSPS) is 13.9. The molecular formula is C42H71O9P. The zero-order chi connectivity index (χ0) is 38.4. The van der Waals surface area contributed by atoms with Crippen molar-refractivity contribution < 1.29 is 43.0 Å². The molecule has 0 saturated carbocycles. The molecule has 0 fully saturated rings. The van der Waals surface area contributed by atoms with Crippen LogP contribution in [0.3, 0.4) is 0 Å². The fourth-order valence-corrected chi connectivity index (χ4v) is 5.49. The van der Waals surface area contributed by atoms with Crippen molar-refractivity contribution in [2.75, 3.05) is 13.2 Å². The quantitative estimate of drug-likeness (QED) is 0.0190. The lowest BCUT2D eigenvalue weighted by molar-refractivity contribution is -0.161. The largest absolute Gasteiger partial charge is 0.469 e. The van der Waals surface area contributed by atoms with E-state index >= 15 is 0 Å². The molecule has 0 aliphatic rings.